The Hall–Kier alpha value is -6.38. The van der Waals surface area contributed by atoms with Crippen LogP contribution in [0.1, 0.15) is 76.1 Å². The van der Waals surface area contributed by atoms with Gasteiger partial charge in [-0.25, -0.2) is 0 Å². The van der Waals surface area contributed by atoms with Crippen LogP contribution in [0.3, 0.4) is 0 Å². The first-order valence-corrected chi connectivity index (χ1v) is 21.9. The van der Waals surface area contributed by atoms with Crippen molar-refractivity contribution in [3.63, 3.8) is 0 Å². The van der Waals surface area contributed by atoms with E-state index < -0.39 is 141 Å². The Labute approximate surface area is 454 Å². The molecule has 0 saturated carbocycles. The molecule has 2 saturated heterocycles. The predicted molar refractivity (Wildman–Crippen MR) is 233 cm³/mol. The van der Waals surface area contributed by atoms with Crippen LogP contribution >= 0.6 is 15.9 Å². The van der Waals surface area contributed by atoms with Gasteiger partial charge in [-0.2, -0.15) is 0 Å². The zero-order valence-electron chi connectivity index (χ0n) is 39.7. The van der Waals surface area contributed by atoms with E-state index in [0.29, 0.717) is 12.6 Å². The van der Waals surface area contributed by atoms with Crippen molar-refractivity contribution in [2.24, 2.45) is 0 Å². The normalized spacial score (nSPS) is 22.1. The molecule has 74 heavy (non-hydrogen) atoms. The standard InChI is InChI=1S/C21H23NO13.C14H19BrO9.C7H5NO4.2Ag.O/c1-10(24)30-9-17-18(31-11(2)25)19(32-12(3)26)20(33-13(4)27)21(35-17)34-16-6-5-14(8-23)7-15(16)22(28)29;1-6(16)20-5-10-11(21-7(2)17)12(22-8(3)18)13(14(15)24-10)23-9(4)19;9-4-5-1-2-7(10)6(3-5)8(11)12;;;/h5-8,17-21H,9H2,1-4H3;10-14H,5H2,1-4H3;1-4,10H;;;/t17-,18+,19+,20-,21-;10-,11+,12+,13-,14+;;;;/m11..../s1. The molecule has 0 bridgehead atoms. The molecule has 0 aromatic heterocycles. The van der Waals surface area contributed by atoms with Gasteiger partial charge < -0.3 is 57.2 Å². The van der Waals surface area contributed by atoms with Gasteiger partial charge in [-0.1, -0.05) is 15.9 Å². The van der Waals surface area contributed by atoms with E-state index in [1.54, 1.807) is 21.0 Å². The Morgan fingerprint density at radius 3 is 1.31 bits per heavy atom. The maximum atomic E-state index is 11.8. The number of ether oxygens (including phenoxy) is 11. The fraction of sp³-hybridized carbons (Fsp3) is 0.476. The summed E-state index contributed by atoms with van der Waals surface area (Å²) in [5.74, 6) is -6.57. The Bertz CT molecular complexity index is 2360. The van der Waals surface area contributed by atoms with Gasteiger partial charge in [0.2, 0.25) is 12.4 Å². The van der Waals surface area contributed by atoms with Gasteiger partial charge in [0.05, 0.1) is 9.85 Å². The van der Waals surface area contributed by atoms with E-state index in [0.717, 1.165) is 65.8 Å². The van der Waals surface area contributed by atoms with Gasteiger partial charge in [-0.15, -0.1) is 0 Å². The fourth-order valence-corrected chi connectivity index (χ4v) is 6.88. The number of rotatable bonds is 16. The third kappa shape index (κ3) is 22.8. The van der Waals surface area contributed by atoms with Gasteiger partial charge in [0.1, 0.15) is 38.0 Å². The number of esters is 8. The summed E-state index contributed by atoms with van der Waals surface area (Å²) < 4.78 is 66.0. The second kappa shape index (κ2) is 33.4. The molecule has 32 heteroatoms. The molecule has 2 heterocycles. The van der Waals surface area contributed by atoms with Crippen LogP contribution in [0, 0.1) is 20.2 Å². The second-order valence-corrected chi connectivity index (χ2v) is 15.4. The number of nitro groups is 2. The first-order chi connectivity index (χ1) is 34.2. The maximum absolute atomic E-state index is 11.8. The summed E-state index contributed by atoms with van der Waals surface area (Å²) in [6.07, 6.45) is -10.8. The Kier molecular flexibility index (Phi) is 30.6. The number of alkyl halides is 1. The van der Waals surface area contributed by atoms with Crippen LogP contribution in [-0.2, 0) is 132 Å². The summed E-state index contributed by atoms with van der Waals surface area (Å²) in [6.45, 7) is 8.24. The zero-order valence-corrected chi connectivity index (χ0v) is 44.3. The van der Waals surface area contributed by atoms with Crippen LogP contribution in [0.5, 0.6) is 11.5 Å². The van der Waals surface area contributed by atoms with E-state index >= 15 is 0 Å². The number of nitrogens with zero attached hydrogens (tertiary/aromatic N) is 2. The van der Waals surface area contributed by atoms with Crippen LogP contribution < -0.4 is 4.74 Å². The van der Waals surface area contributed by atoms with E-state index in [1.807, 2.05) is 0 Å². The van der Waals surface area contributed by atoms with Gasteiger partial charge in [-0.3, -0.25) is 68.2 Å². The number of hydrogen-bond acceptors (Lipinski definition) is 27. The molecule has 2 fully saturated rings. The second-order valence-electron chi connectivity index (χ2n) is 14.5. The van der Waals surface area contributed by atoms with Crippen molar-refractivity contribution < 1.29 is 162 Å². The number of phenolic OH excluding ortho intramolecular Hbond substituents is 1. The minimum atomic E-state index is -1.66. The van der Waals surface area contributed by atoms with E-state index in [4.69, 9.17) is 60.5 Å². The van der Waals surface area contributed by atoms with Gasteiger partial charge >= 0.3 is 83.4 Å². The molecule has 1 N–H and O–H groups in total. The first kappa shape index (κ1) is 67.6. The number of nitro benzene ring substituents is 2. The van der Waals surface area contributed by atoms with Gasteiger partial charge in [0, 0.05) is 101 Å². The van der Waals surface area contributed by atoms with E-state index in [9.17, 15) is 68.2 Å². The number of carbonyl (C=O) groups is 10. The summed E-state index contributed by atoms with van der Waals surface area (Å²) in [4.78, 5) is 133. The molecule has 29 nitrogen and oxygen atoms in total. The number of aromatic hydroxyl groups is 1. The zero-order chi connectivity index (χ0) is 55.9. The molecule has 0 spiro atoms. The molecule has 2 aliphatic heterocycles. The molecule has 0 unspecified atom stereocenters. The fourth-order valence-electron chi connectivity index (χ4n) is 6.19. The Morgan fingerprint density at radius 2 is 0.919 bits per heavy atom. The number of carbonyl (C=O) groups excluding carboxylic acids is 10. The van der Waals surface area contributed by atoms with Crippen LogP contribution in [0.2, 0.25) is 0 Å². The van der Waals surface area contributed by atoms with Crippen molar-refractivity contribution in [1.29, 1.82) is 0 Å². The molecule has 10 atom stereocenters. The first-order valence-electron chi connectivity index (χ1n) is 20.4. The number of hydrogen-bond donors (Lipinski definition) is 1. The molecular formula is C42H47Ag2BrN2O27. The topological polar surface area (TPSA) is 396 Å². The molecule has 2 aromatic carbocycles. The third-order valence-electron chi connectivity index (χ3n) is 8.77. The summed E-state index contributed by atoms with van der Waals surface area (Å²) in [5, 5.41) is 29.8. The summed E-state index contributed by atoms with van der Waals surface area (Å²) >= 11 is 4.88. The van der Waals surface area contributed by atoms with Crippen molar-refractivity contribution >= 4 is 87.6 Å². The summed E-state index contributed by atoms with van der Waals surface area (Å²) in [6, 6.07) is 6.74. The average Bonchev–Trinajstić information content (AvgIpc) is 3.29. The Morgan fingerprint density at radius 1 is 0.568 bits per heavy atom. The summed E-state index contributed by atoms with van der Waals surface area (Å²) in [5.41, 5.74) is -0.910. The molecule has 2 aliphatic rings. The molecular weight excluding hydrogens is 1260 g/mol. The monoisotopic (exact) mass is 1300 g/mol. The van der Waals surface area contributed by atoms with E-state index in [-0.39, 0.29) is 45.9 Å². The van der Waals surface area contributed by atoms with Crippen molar-refractivity contribution in [2.75, 3.05) is 13.2 Å². The SMILES string of the molecule is CC(=O)OC[C@H]1O[C@@H](Oc2ccc(C=O)cc2[N+](=O)[O-])[C@H](OC(C)=O)[C@@H](OC(C)=O)[C@H]1OC(C)=O.CC(=O)OC[C@H]1O[C@H](Br)[C@H](OC(C)=O)[C@@H](OC(C)=O)[C@H]1OC(C)=O.O=Cc1ccc(O)c([N+](=O)[O-])c1.[Ag].[O]=[Ag]. The van der Waals surface area contributed by atoms with Crippen molar-refractivity contribution in [3.05, 3.63) is 67.8 Å². The minimum absolute atomic E-state index is 0. The van der Waals surface area contributed by atoms with Crippen LogP contribution in [0.4, 0.5) is 11.4 Å². The van der Waals surface area contributed by atoms with E-state index in [2.05, 4.69) is 15.9 Å². The van der Waals surface area contributed by atoms with Crippen molar-refractivity contribution in [1.82, 2.24) is 0 Å². The summed E-state index contributed by atoms with van der Waals surface area (Å²) in [7, 11) is 0. The average molecular weight is 1310 g/mol. The van der Waals surface area contributed by atoms with Crippen LogP contribution in [0.15, 0.2) is 36.4 Å². The van der Waals surface area contributed by atoms with Crippen LogP contribution in [0.25, 0.3) is 0 Å². The molecule has 0 aliphatic carbocycles. The number of halogens is 1. The molecule has 4 rings (SSSR count). The third-order valence-corrected chi connectivity index (χ3v) is 9.51. The van der Waals surface area contributed by atoms with Crippen molar-refractivity contribution in [3.8, 4) is 11.5 Å². The molecule has 2 aromatic rings. The molecule has 0 amide bonds. The van der Waals surface area contributed by atoms with Gasteiger partial charge in [-0.05, 0) is 24.3 Å². The predicted octanol–water partition coefficient (Wildman–Crippen LogP) is 2.32. The number of phenols is 1. The molecule has 416 valence electrons. The van der Waals surface area contributed by atoms with E-state index in [1.165, 1.54) is 26.0 Å². The van der Waals surface area contributed by atoms with Crippen molar-refractivity contribution in [2.45, 2.75) is 116 Å². The van der Waals surface area contributed by atoms with Gasteiger partial charge in [0.25, 0.3) is 0 Å². The Balaban J connectivity index is 0.00000118. The van der Waals surface area contributed by atoms with Crippen LogP contribution in [-0.4, -0.2) is 149 Å². The quantitative estimate of drug-likeness (QED) is 0.0479. The molecule has 1 radical (unpaired) electrons. The number of benzene rings is 2. The van der Waals surface area contributed by atoms with Gasteiger partial charge in [0.15, 0.2) is 47.0 Å². The number of aldehydes is 2.